The van der Waals surface area contributed by atoms with Gasteiger partial charge < -0.3 is 4.90 Å². The van der Waals surface area contributed by atoms with Gasteiger partial charge in [-0.3, -0.25) is 9.52 Å². The topological polar surface area (TPSA) is 79.4 Å². The van der Waals surface area contributed by atoms with Gasteiger partial charge in [0.25, 0.3) is 15.9 Å². The molecule has 1 amide bonds. The van der Waals surface area contributed by atoms with Gasteiger partial charge in [-0.05, 0) is 38.0 Å². The number of nitrogens with one attached hydrogen (secondary N) is 1. The molecular formula is C19H19N3O3S3. The Kier molecular flexibility index (Phi) is 5.22. The highest BCUT2D eigenvalue weighted by Crippen LogP contribution is 2.34. The van der Waals surface area contributed by atoms with E-state index in [4.69, 9.17) is 0 Å². The lowest BCUT2D eigenvalue weighted by Gasteiger charge is -2.13. The van der Waals surface area contributed by atoms with Crippen molar-refractivity contribution in [2.75, 3.05) is 17.8 Å². The molecule has 146 valence electrons. The maximum atomic E-state index is 12.7. The van der Waals surface area contributed by atoms with Crippen molar-refractivity contribution in [2.45, 2.75) is 24.0 Å². The first-order chi connectivity index (χ1) is 13.4. The molecule has 1 aliphatic heterocycles. The first-order valence-electron chi connectivity index (χ1n) is 8.87. The number of hydrogen-bond donors (Lipinski definition) is 1. The Morgan fingerprint density at radius 3 is 2.61 bits per heavy atom. The van der Waals surface area contributed by atoms with Crippen LogP contribution in [0.4, 0.5) is 5.69 Å². The molecule has 28 heavy (non-hydrogen) atoms. The van der Waals surface area contributed by atoms with Gasteiger partial charge in [-0.15, -0.1) is 22.7 Å². The van der Waals surface area contributed by atoms with Gasteiger partial charge in [-0.25, -0.2) is 13.4 Å². The molecule has 2 aromatic heterocycles. The molecule has 0 aliphatic carbocycles. The number of nitrogens with zero attached hydrogens (tertiary/aromatic N) is 2. The normalized spacial score (nSPS) is 14.4. The molecular weight excluding hydrogens is 414 g/mol. The van der Waals surface area contributed by atoms with E-state index < -0.39 is 10.0 Å². The Morgan fingerprint density at radius 1 is 1.18 bits per heavy atom. The molecule has 0 saturated carbocycles. The van der Waals surface area contributed by atoms with Crippen LogP contribution in [0.15, 0.2) is 46.0 Å². The summed E-state index contributed by atoms with van der Waals surface area (Å²) in [4.78, 5) is 19.7. The van der Waals surface area contributed by atoms with Crippen molar-refractivity contribution in [1.82, 2.24) is 9.88 Å². The van der Waals surface area contributed by atoms with Gasteiger partial charge in [-0.2, -0.15) is 0 Å². The summed E-state index contributed by atoms with van der Waals surface area (Å²) < 4.78 is 28.0. The molecule has 0 bridgehead atoms. The highest BCUT2D eigenvalue weighted by molar-refractivity contribution is 7.94. The SMILES string of the molecule is Cc1nc(-c2csc(S(=O)(=O)Nc3ccccc3)c2)sc1C(=O)N1CCCC1. The molecule has 1 fully saturated rings. The molecule has 0 atom stereocenters. The van der Waals surface area contributed by atoms with Crippen LogP contribution in [-0.4, -0.2) is 37.3 Å². The van der Waals surface area contributed by atoms with Crippen molar-refractivity contribution in [1.29, 1.82) is 0 Å². The van der Waals surface area contributed by atoms with E-state index in [2.05, 4.69) is 9.71 Å². The summed E-state index contributed by atoms with van der Waals surface area (Å²) in [6, 6.07) is 10.4. The fourth-order valence-corrected chi connectivity index (χ4v) is 6.38. The van der Waals surface area contributed by atoms with Crippen LogP contribution in [0, 0.1) is 6.92 Å². The van der Waals surface area contributed by atoms with E-state index in [9.17, 15) is 13.2 Å². The number of thiazole rings is 1. The van der Waals surface area contributed by atoms with Crippen molar-refractivity contribution in [2.24, 2.45) is 0 Å². The third-order valence-electron chi connectivity index (χ3n) is 4.50. The van der Waals surface area contributed by atoms with Crippen LogP contribution >= 0.6 is 22.7 Å². The average Bonchev–Trinajstić information content (AvgIpc) is 3.42. The number of benzene rings is 1. The summed E-state index contributed by atoms with van der Waals surface area (Å²) >= 11 is 2.46. The minimum atomic E-state index is -3.66. The van der Waals surface area contributed by atoms with Gasteiger partial charge in [0, 0.05) is 29.7 Å². The van der Waals surface area contributed by atoms with E-state index in [1.165, 1.54) is 11.3 Å². The lowest BCUT2D eigenvalue weighted by atomic mass is 10.3. The number of carbonyl (C=O) groups excluding carboxylic acids is 1. The second-order valence-corrected chi connectivity index (χ2v) is 10.4. The Hall–Kier alpha value is -2.23. The first-order valence-corrected chi connectivity index (χ1v) is 12.1. The van der Waals surface area contributed by atoms with Gasteiger partial charge in [0.2, 0.25) is 0 Å². The van der Waals surface area contributed by atoms with Crippen molar-refractivity contribution in [3.63, 3.8) is 0 Å². The van der Waals surface area contributed by atoms with Crippen molar-refractivity contribution >= 4 is 44.3 Å². The van der Waals surface area contributed by atoms with E-state index in [0.717, 1.165) is 37.3 Å². The molecule has 1 saturated heterocycles. The fourth-order valence-electron chi connectivity index (χ4n) is 3.06. The van der Waals surface area contributed by atoms with Crippen LogP contribution in [0.3, 0.4) is 0 Å². The maximum absolute atomic E-state index is 12.7. The maximum Gasteiger partial charge on any atom is 0.271 e. The molecule has 1 N–H and O–H groups in total. The van der Waals surface area contributed by atoms with Gasteiger partial charge >= 0.3 is 0 Å². The van der Waals surface area contributed by atoms with Crippen molar-refractivity contribution in [3.05, 3.63) is 52.3 Å². The number of anilines is 1. The summed E-state index contributed by atoms with van der Waals surface area (Å²) in [5, 5.41) is 2.43. The molecule has 9 heteroatoms. The van der Waals surface area contributed by atoms with Crippen molar-refractivity contribution in [3.8, 4) is 10.6 Å². The van der Waals surface area contributed by atoms with Crippen LogP contribution < -0.4 is 4.72 Å². The number of carbonyl (C=O) groups is 1. The van der Waals surface area contributed by atoms with E-state index in [1.54, 1.807) is 35.7 Å². The molecule has 0 spiro atoms. The zero-order chi connectivity index (χ0) is 19.7. The Morgan fingerprint density at radius 2 is 1.89 bits per heavy atom. The average molecular weight is 434 g/mol. The predicted molar refractivity (Wildman–Crippen MR) is 113 cm³/mol. The van der Waals surface area contributed by atoms with Crippen LogP contribution in [0.1, 0.15) is 28.2 Å². The number of para-hydroxylation sites is 1. The van der Waals surface area contributed by atoms with E-state index in [-0.39, 0.29) is 10.1 Å². The smallest absolute Gasteiger partial charge is 0.271 e. The molecule has 4 rings (SSSR count). The number of rotatable bonds is 5. The lowest BCUT2D eigenvalue weighted by Crippen LogP contribution is -2.27. The number of hydrogen-bond acceptors (Lipinski definition) is 6. The summed E-state index contributed by atoms with van der Waals surface area (Å²) in [5.74, 6) is 0.0209. The minimum absolute atomic E-state index is 0.0209. The Balaban J connectivity index is 1.57. The second kappa shape index (κ2) is 7.65. The standard InChI is InChI=1S/C19H19N3O3S3/c1-13-17(19(23)22-9-5-6-10-22)27-18(20-13)14-11-16(26-12-14)28(24,25)21-15-7-3-2-4-8-15/h2-4,7-8,11-12,21H,5-6,9-10H2,1H3. The molecule has 0 unspecified atom stereocenters. The summed E-state index contributed by atoms with van der Waals surface area (Å²) in [6.45, 7) is 3.40. The number of sulfonamides is 1. The Bertz CT molecular complexity index is 1100. The van der Waals surface area contributed by atoms with Crippen LogP contribution in [-0.2, 0) is 10.0 Å². The number of amides is 1. The highest BCUT2D eigenvalue weighted by Gasteiger charge is 2.25. The summed E-state index contributed by atoms with van der Waals surface area (Å²) in [7, 11) is -3.66. The van der Waals surface area contributed by atoms with E-state index in [1.807, 2.05) is 17.9 Å². The Labute approximate surface area is 171 Å². The number of aryl methyl sites for hydroxylation is 1. The third kappa shape index (κ3) is 3.82. The van der Waals surface area contributed by atoms with Gasteiger partial charge in [0.05, 0.1) is 5.69 Å². The third-order valence-corrected chi connectivity index (χ3v) is 8.51. The van der Waals surface area contributed by atoms with Gasteiger partial charge in [-0.1, -0.05) is 18.2 Å². The molecule has 3 aromatic rings. The second-order valence-electron chi connectivity index (χ2n) is 6.56. The molecule has 3 heterocycles. The number of likely N-dealkylation sites (tertiary alicyclic amines) is 1. The first kappa shape index (κ1) is 19.1. The van der Waals surface area contributed by atoms with E-state index in [0.29, 0.717) is 26.8 Å². The number of thiophene rings is 1. The van der Waals surface area contributed by atoms with Crippen LogP contribution in [0.25, 0.3) is 10.6 Å². The summed E-state index contributed by atoms with van der Waals surface area (Å²) in [5.41, 5.74) is 1.92. The highest BCUT2D eigenvalue weighted by atomic mass is 32.2. The zero-order valence-electron chi connectivity index (χ0n) is 15.2. The van der Waals surface area contributed by atoms with Gasteiger partial charge in [0.1, 0.15) is 14.1 Å². The minimum Gasteiger partial charge on any atom is -0.338 e. The van der Waals surface area contributed by atoms with E-state index >= 15 is 0 Å². The molecule has 0 radical (unpaired) electrons. The quantitative estimate of drug-likeness (QED) is 0.653. The lowest BCUT2D eigenvalue weighted by molar-refractivity contribution is 0.0796. The van der Waals surface area contributed by atoms with Crippen LogP contribution in [0.5, 0.6) is 0 Å². The van der Waals surface area contributed by atoms with Crippen molar-refractivity contribution < 1.29 is 13.2 Å². The fraction of sp³-hybridized carbons (Fsp3) is 0.263. The number of aromatic nitrogens is 1. The molecule has 1 aromatic carbocycles. The molecule has 1 aliphatic rings. The summed E-state index contributed by atoms with van der Waals surface area (Å²) in [6.07, 6.45) is 2.08. The largest absolute Gasteiger partial charge is 0.338 e. The molecule has 6 nitrogen and oxygen atoms in total. The zero-order valence-corrected chi connectivity index (χ0v) is 17.7. The predicted octanol–water partition coefficient (Wildman–Crippen LogP) is 4.22. The van der Waals surface area contributed by atoms with Gasteiger partial charge in [0.15, 0.2) is 0 Å². The monoisotopic (exact) mass is 433 g/mol. The van der Waals surface area contributed by atoms with Crippen LogP contribution in [0.2, 0.25) is 0 Å².